The molecule has 0 saturated heterocycles. The zero-order valence-corrected chi connectivity index (χ0v) is 12.4. The molecule has 2 N–H and O–H groups in total. The van der Waals surface area contributed by atoms with E-state index >= 15 is 0 Å². The van der Waals surface area contributed by atoms with Gasteiger partial charge in [0.1, 0.15) is 5.60 Å². The third kappa shape index (κ3) is 4.79. The second-order valence-electron chi connectivity index (χ2n) is 5.27. The SMILES string of the molecule is COC(=O)c1ccc(NNC(=O)OC(C)(C)C)c(C)c1. The first kappa shape index (κ1) is 15.8. The fraction of sp³-hybridized carbons (Fsp3) is 0.429. The molecule has 1 amide bonds. The van der Waals surface area contributed by atoms with E-state index in [0.29, 0.717) is 11.3 Å². The Balaban J connectivity index is 2.66. The van der Waals surface area contributed by atoms with Crippen molar-refractivity contribution in [3.63, 3.8) is 0 Å². The van der Waals surface area contributed by atoms with Crippen LogP contribution in [-0.4, -0.2) is 24.8 Å². The van der Waals surface area contributed by atoms with Crippen LogP contribution in [0.3, 0.4) is 0 Å². The molecule has 0 fully saturated rings. The lowest BCUT2D eigenvalue weighted by Gasteiger charge is -2.20. The highest BCUT2D eigenvalue weighted by Crippen LogP contribution is 2.16. The van der Waals surface area contributed by atoms with E-state index in [4.69, 9.17) is 4.74 Å². The van der Waals surface area contributed by atoms with Crippen molar-refractivity contribution in [3.8, 4) is 0 Å². The van der Waals surface area contributed by atoms with Crippen LogP contribution in [-0.2, 0) is 9.47 Å². The first-order valence-electron chi connectivity index (χ1n) is 6.17. The zero-order chi connectivity index (χ0) is 15.3. The molecule has 0 unspecified atom stereocenters. The number of carbonyl (C=O) groups excluding carboxylic acids is 2. The van der Waals surface area contributed by atoms with Crippen LogP contribution in [0.4, 0.5) is 10.5 Å². The van der Waals surface area contributed by atoms with Crippen LogP contribution >= 0.6 is 0 Å². The molecule has 0 heterocycles. The van der Waals surface area contributed by atoms with E-state index in [1.54, 1.807) is 39.0 Å². The van der Waals surface area contributed by atoms with Crippen LogP contribution in [0.5, 0.6) is 0 Å². The van der Waals surface area contributed by atoms with Crippen molar-refractivity contribution in [2.45, 2.75) is 33.3 Å². The molecule has 0 bridgehead atoms. The van der Waals surface area contributed by atoms with Crippen molar-refractivity contribution in [2.24, 2.45) is 0 Å². The molecule has 0 aliphatic rings. The molecule has 20 heavy (non-hydrogen) atoms. The maximum Gasteiger partial charge on any atom is 0.426 e. The van der Waals surface area contributed by atoms with Gasteiger partial charge >= 0.3 is 12.1 Å². The Hall–Kier alpha value is -2.24. The van der Waals surface area contributed by atoms with Crippen LogP contribution < -0.4 is 10.9 Å². The Kier molecular flexibility index (Phi) is 4.96. The number of nitrogens with one attached hydrogen (secondary N) is 2. The van der Waals surface area contributed by atoms with Crippen LogP contribution in [0.25, 0.3) is 0 Å². The minimum atomic E-state index is -0.575. The molecule has 1 aromatic rings. The molecule has 1 rings (SSSR count). The number of benzene rings is 1. The molecular weight excluding hydrogens is 260 g/mol. The summed E-state index contributed by atoms with van der Waals surface area (Å²) >= 11 is 0. The van der Waals surface area contributed by atoms with Crippen molar-refractivity contribution in [3.05, 3.63) is 29.3 Å². The average Bonchev–Trinajstić information content (AvgIpc) is 2.34. The average molecular weight is 280 g/mol. The van der Waals surface area contributed by atoms with Gasteiger partial charge in [0.25, 0.3) is 0 Å². The van der Waals surface area contributed by atoms with Crippen molar-refractivity contribution >= 4 is 17.7 Å². The summed E-state index contributed by atoms with van der Waals surface area (Å²) in [5.41, 5.74) is 6.53. The van der Waals surface area contributed by atoms with Gasteiger partial charge in [0.15, 0.2) is 0 Å². The number of hydrazine groups is 1. The lowest BCUT2D eigenvalue weighted by Crippen LogP contribution is -2.36. The number of esters is 1. The van der Waals surface area contributed by atoms with Crippen molar-refractivity contribution < 1.29 is 19.1 Å². The Labute approximate surface area is 118 Å². The van der Waals surface area contributed by atoms with E-state index in [2.05, 4.69) is 15.6 Å². The molecular formula is C14H20N2O4. The number of rotatable bonds is 3. The van der Waals surface area contributed by atoms with Gasteiger partial charge < -0.3 is 9.47 Å². The number of aryl methyl sites for hydroxylation is 1. The van der Waals surface area contributed by atoms with Gasteiger partial charge in [0.2, 0.25) is 0 Å². The van der Waals surface area contributed by atoms with E-state index in [9.17, 15) is 9.59 Å². The summed E-state index contributed by atoms with van der Waals surface area (Å²) in [5.74, 6) is -0.403. The predicted octanol–water partition coefficient (Wildman–Crippen LogP) is 2.63. The summed E-state index contributed by atoms with van der Waals surface area (Å²) in [6, 6.07) is 4.96. The lowest BCUT2D eigenvalue weighted by atomic mass is 10.1. The number of ether oxygens (including phenoxy) is 2. The monoisotopic (exact) mass is 280 g/mol. The minimum absolute atomic E-state index is 0.403. The van der Waals surface area contributed by atoms with Crippen LogP contribution in [0.1, 0.15) is 36.7 Å². The second-order valence-corrected chi connectivity index (χ2v) is 5.27. The zero-order valence-electron chi connectivity index (χ0n) is 12.4. The van der Waals surface area contributed by atoms with E-state index in [1.807, 2.05) is 6.92 Å². The third-order valence-corrected chi connectivity index (χ3v) is 2.35. The summed E-state index contributed by atoms with van der Waals surface area (Å²) in [6.07, 6.45) is -0.575. The molecule has 110 valence electrons. The molecule has 6 nitrogen and oxygen atoms in total. The number of methoxy groups -OCH3 is 1. The Bertz CT molecular complexity index is 506. The van der Waals surface area contributed by atoms with Crippen molar-refractivity contribution in [1.29, 1.82) is 0 Å². The highest BCUT2D eigenvalue weighted by molar-refractivity contribution is 5.90. The van der Waals surface area contributed by atoms with Gasteiger partial charge in [0.05, 0.1) is 18.4 Å². The normalized spacial score (nSPS) is 10.7. The lowest BCUT2D eigenvalue weighted by molar-refractivity contribution is 0.0539. The summed E-state index contributed by atoms with van der Waals surface area (Å²) in [7, 11) is 1.33. The largest absolute Gasteiger partial charge is 0.465 e. The number of hydrogen-bond acceptors (Lipinski definition) is 5. The van der Waals surface area contributed by atoms with E-state index in [1.165, 1.54) is 7.11 Å². The van der Waals surface area contributed by atoms with Crippen LogP contribution in [0.15, 0.2) is 18.2 Å². The highest BCUT2D eigenvalue weighted by atomic mass is 16.6. The van der Waals surface area contributed by atoms with Crippen LogP contribution in [0, 0.1) is 6.92 Å². The van der Waals surface area contributed by atoms with Gasteiger partial charge in [-0.25, -0.2) is 15.0 Å². The number of hydrogen-bond donors (Lipinski definition) is 2. The van der Waals surface area contributed by atoms with Gasteiger partial charge in [-0.15, -0.1) is 0 Å². The molecule has 0 aromatic heterocycles. The summed E-state index contributed by atoms with van der Waals surface area (Å²) < 4.78 is 9.73. The number of anilines is 1. The Morgan fingerprint density at radius 2 is 1.85 bits per heavy atom. The van der Waals surface area contributed by atoms with Gasteiger partial charge in [-0.1, -0.05) is 0 Å². The smallest absolute Gasteiger partial charge is 0.426 e. The van der Waals surface area contributed by atoms with E-state index in [0.717, 1.165) is 5.56 Å². The molecule has 0 spiro atoms. The van der Waals surface area contributed by atoms with Gasteiger partial charge in [-0.2, -0.15) is 0 Å². The van der Waals surface area contributed by atoms with Crippen molar-refractivity contribution in [2.75, 3.05) is 12.5 Å². The molecule has 0 atom stereocenters. The molecule has 0 aliphatic heterocycles. The molecule has 1 aromatic carbocycles. The number of amides is 1. The second kappa shape index (κ2) is 6.27. The maximum atomic E-state index is 11.5. The Morgan fingerprint density at radius 1 is 1.20 bits per heavy atom. The van der Waals surface area contributed by atoms with E-state index in [-0.39, 0.29) is 0 Å². The topological polar surface area (TPSA) is 76.7 Å². The van der Waals surface area contributed by atoms with Gasteiger partial charge in [-0.05, 0) is 51.5 Å². The summed E-state index contributed by atoms with van der Waals surface area (Å²) in [6.45, 7) is 7.15. The Morgan fingerprint density at radius 3 is 2.35 bits per heavy atom. The summed E-state index contributed by atoms with van der Waals surface area (Å²) in [4.78, 5) is 22.9. The molecule has 0 aliphatic carbocycles. The third-order valence-electron chi connectivity index (χ3n) is 2.35. The molecule has 6 heteroatoms. The van der Waals surface area contributed by atoms with E-state index < -0.39 is 17.7 Å². The number of carbonyl (C=O) groups is 2. The standard InChI is InChI=1S/C14H20N2O4/c1-9-8-10(12(17)19-5)6-7-11(9)15-16-13(18)20-14(2,3)4/h6-8,15H,1-5H3,(H,16,18). The maximum absolute atomic E-state index is 11.5. The molecule has 0 saturated carbocycles. The fourth-order valence-corrected chi connectivity index (χ4v) is 1.47. The van der Waals surface area contributed by atoms with Crippen LogP contribution in [0.2, 0.25) is 0 Å². The fourth-order valence-electron chi connectivity index (χ4n) is 1.47. The molecule has 0 radical (unpaired) electrons. The van der Waals surface area contributed by atoms with Gasteiger partial charge in [-0.3, -0.25) is 5.43 Å². The predicted molar refractivity (Wildman–Crippen MR) is 75.5 cm³/mol. The quantitative estimate of drug-likeness (QED) is 0.657. The minimum Gasteiger partial charge on any atom is -0.465 e. The highest BCUT2D eigenvalue weighted by Gasteiger charge is 2.16. The first-order valence-corrected chi connectivity index (χ1v) is 6.17. The first-order chi connectivity index (χ1) is 9.23. The summed E-state index contributed by atoms with van der Waals surface area (Å²) in [5, 5.41) is 0. The van der Waals surface area contributed by atoms with Crippen molar-refractivity contribution in [1.82, 2.24) is 5.43 Å². The van der Waals surface area contributed by atoms with Gasteiger partial charge in [0, 0.05) is 0 Å².